The normalized spacial score (nSPS) is 17.5. The zero-order valence-electron chi connectivity index (χ0n) is 9.62. The number of rotatable bonds is 4. The maximum Gasteiger partial charge on any atom is 0.0155 e. The SMILES string of the molecule is CCCC(C)(CC(C)(C)C)NC. The molecule has 0 saturated heterocycles. The lowest BCUT2D eigenvalue weighted by Crippen LogP contribution is -2.42. The molecule has 0 amide bonds. The van der Waals surface area contributed by atoms with Crippen molar-refractivity contribution in [3.8, 4) is 0 Å². The molecule has 0 spiro atoms. The molecule has 1 heteroatoms. The first-order valence-electron chi connectivity index (χ1n) is 5.02. The third kappa shape index (κ3) is 4.76. The van der Waals surface area contributed by atoms with Gasteiger partial charge in [0, 0.05) is 5.54 Å². The average molecular weight is 171 g/mol. The summed E-state index contributed by atoms with van der Waals surface area (Å²) in [5, 5.41) is 3.44. The van der Waals surface area contributed by atoms with Gasteiger partial charge in [-0.3, -0.25) is 0 Å². The van der Waals surface area contributed by atoms with Gasteiger partial charge < -0.3 is 5.32 Å². The van der Waals surface area contributed by atoms with E-state index in [1.54, 1.807) is 0 Å². The van der Waals surface area contributed by atoms with E-state index < -0.39 is 0 Å². The van der Waals surface area contributed by atoms with Crippen molar-refractivity contribution < 1.29 is 0 Å². The van der Waals surface area contributed by atoms with Gasteiger partial charge in [0.25, 0.3) is 0 Å². The van der Waals surface area contributed by atoms with Crippen LogP contribution in [0.2, 0.25) is 0 Å². The van der Waals surface area contributed by atoms with E-state index in [1.165, 1.54) is 19.3 Å². The van der Waals surface area contributed by atoms with E-state index in [-0.39, 0.29) is 0 Å². The van der Waals surface area contributed by atoms with Gasteiger partial charge in [-0.05, 0) is 32.2 Å². The third-order valence-corrected chi connectivity index (χ3v) is 2.33. The molecule has 0 fully saturated rings. The summed E-state index contributed by atoms with van der Waals surface area (Å²) in [7, 11) is 2.07. The summed E-state index contributed by atoms with van der Waals surface area (Å²) in [6.07, 6.45) is 3.76. The van der Waals surface area contributed by atoms with Crippen molar-refractivity contribution in [2.75, 3.05) is 7.05 Å². The summed E-state index contributed by atoms with van der Waals surface area (Å²) in [5.74, 6) is 0. The quantitative estimate of drug-likeness (QED) is 0.685. The van der Waals surface area contributed by atoms with Crippen LogP contribution in [0.4, 0.5) is 0 Å². The van der Waals surface area contributed by atoms with Crippen molar-refractivity contribution in [3.05, 3.63) is 0 Å². The Hall–Kier alpha value is -0.0400. The van der Waals surface area contributed by atoms with Crippen molar-refractivity contribution in [3.63, 3.8) is 0 Å². The molecule has 0 rings (SSSR count). The zero-order chi connectivity index (χ0) is 9.83. The molecule has 0 aliphatic rings. The van der Waals surface area contributed by atoms with Gasteiger partial charge in [0.2, 0.25) is 0 Å². The van der Waals surface area contributed by atoms with Crippen LogP contribution >= 0.6 is 0 Å². The van der Waals surface area contributed by atoms with Crippen LogP contribution in [0, 0.1) is 5.41 Å². The average Bonchev–Trinajstić information content (AvgIpc) is 1.84. The summed E-state index contributed by atoms with van der Waals surface area (Å²) in [5.41, 5.74) is 0.750. The maximum absolute atomic E-state index is 3.44. The Balaban J connectivity index is 4.14. The van der Waals surface area contributed by atoms with Crippen LogP contribution in [0.3, 0.4) is 0 Å². The molecule has 1 nitrogen and oxygen atoms in total. The monoisotopic (exact) mass is 171 g/mol. The lowest BCUT2D eigenvalue weighted by atomic mass is 9.78. The van der Waals surface area contributed by atoms with E-state index >= 15 is 0 Å². The zero-order valence-corrected chi connectivity index (χ0v) is 9.62. The molecule has 74 valence electrons. The highest BCUT2D eigenvalue weighted by atomic mass is 14.9. The smallest absolute Gasteiger partial charge is 0.0155 e. The van der Waals surface area contributed by atoms with Crippen LogP contribution in [0.5, 0.6) is 0 Å². The molecular weight excluding hydrogens is 146 g/mol. The van der Waals surface area contributed by atoms with Gasteiger partial charge in [0.1, 0.15) is 0 Å². The molecule has 12 heavy (non-hydrogen) atoms. The van der Waals surface area contributed by atoms with Crippen molar-refractivity contribution in [1.82, 2.24) is 5.32 Å². The van der Waals surface area contributed by atoms with Gasteiger partial charge in [-0.1, -0.05) is 34.1 Å². The van der Waals surface area contributed by atoms with Crippen molar-refractivity contribution >= 4 is 0 Å². The Kier molecular flexibility index (Phi) is 4.25. The molecule has 0 aliphatic carbocycles. The van der Waals surface area contributed by atoms with E-state index in [2.05, 4.69) is 47.0 Å². The minimum atomic E-state index is 0.326. The van der Waals surface area contributed by atoms with Gasteiger partial charge in [0.05, 0.1) is 0 Å². The molecule has 0 bridgehead atoms. The van der Waals surface area contributed by atoms with Crippen molar-refractivity contribution in [1.29, 1.82) is 0 Å². The molecule has 0 heterocycles. The van der Waals surface area contributed by atoms with E-state index in [4.69, 9.17) is 0 Å². The minimum Gasteiger partial charge on any atom is -0.315 e. The number of hydrogen-bond acceptors (Lipinski definition) is 1. The van der Waals surface area contributed by atoms with E-state index in [1.807, 2.05) is 0 Å². The second-order valence-electron chi connectivity index (χ2n) is 5.30. The predicted octanol–water partition coefficient (Wildman–Crippen LogP) is 3.20. The second-order valence-corrected chi connectivity index (χ2v) is 5.30. The van der Waals surface area contributed by atoms with Gasteiger partial charge in [0.15, 0.2) is 0 Å². The summed E-state index contributed by atoms with van der Waals surface area (Å²) in [6, 6.07) is 0. The van der Waals surface area contributed by atoms with Crippen molar-refractivity contribution in [2.45, 2.75) is 59.4 Å². The molecule has 0 aromatic heterocycles. The molecular formula is C11H25N. The highest BCUT2D eigenvalue weighted by Crippen LogP contribution is 2.29. The summed E-state index contributed by atoms with van der Waals surface area (Å²) in [4.78, 5) is 0. The fourth-order valence-electron chi connectivity index (χ4n) is 2.02. The highest BCUT2D eigenvalue weighted by molar-refractivity contribution is 4.85. The summed E-state index contributed by atoms with van der Waals surface area (Å²) in [6.45, 7) is 11.5. The molecule has 1 atom stereocenters. The van der Waals surface area contributed by atoms with Crippen molar-refractivity contribution in [2.24, 2.45) is 5.41 Å². The second kappa shape index (κ2) is 4.27. The first-order chi connectivity index (χ1) is 5.33. The Labute approximate surface area is 77.9 Å². The Morgan fingerprint density at radius 3 is 1.83 bits per heavy atom. The molecule has 1 unspecified atom stereocenters. The van der Waals surface area contributed by atoms with Crippen LogP contribution in [0.25, 0.3) is 0 Å². The summed E-state index contributed by atoms with van der Waals surface area (Å²) < 4.78 is 0. The maximum atomic E-state index is 3.44. The largest absolute Gasteiger partial charge is 0.315 e. The van der Waals surface area contributed by atoms with E-state index in [0.717, 1.165) is 0 Å². The number of nitrogens with one attached hydrogen (secondary N) is 1. The van der Waals surface area contributed by atoms with Crippen LogP contribution in [-0.4, -0.2) is 12.6 Å². The lowest BCUT2D eigenvalue weighted by Gasteiger charge is -2.35. The molecule has 0 aromatic rings. The lowest BCUT2D eigenvalue weighted by molar-refractivity contribution is 0.222. The number of hydrogen-bond donors (Lipinski definition) is 1. The minimum absolute atomic E-state index is 0.326. The molecule has 0 aliphatic heterocycles. The third-order valence-electron chi connectivity index (χ3n) is 2.33. The van der Waals surface area contributed by atoms with Crippen LogP contribution < -0.4 is 5.32 Å². The first kappa shape index (κ1) is 12.0. The fraction of sp³-hybridized carbons (Fsp3) is 1.00. The molecule has 0 saturated carbocycles. The Morgan fingerprint density at radius 1 is 1.08 bits per heavy atom. The Bertz CT molecular complexity index is 123. The van der Waals surface area contributed by atoms with E-state index in [9.17, 15) is 0 Å². The van der Waals surface area contributed by atoms with Crippen LogP contribution in [0.1, 0.15) is 53.9 Å². The summed E-state index contributed by atoms with van der Waals surface area (Å²) >= 11 is 0. The van der Waals surface area contributed by atoms with Crippen LogP contribution in [-0.2, 0) is 0 Å². The van der Waals surface area contributed by atoms with Gasteiger partial charge in [-0.15, -0.1) is 0 Å². The van der Waals surface area contributed by atoms with Gasteiger partial charge in [-0.2, -0.15) is 0 Å². The topological polar surface area (TPSA) is 12.0 Å². The molecule has 0 aromatic carbocycles. The molecule has 1 N–H and O–H groups in total. The fourth-order valence-corrected chi connectivity index (χ4v) is 2.02. The van der Waals surface area contributed by atoms with Crippen LogP contribution in [0.15, 0.2) is 0 Å². The highest BCUT2D eigenvalue weighted by Gasteiger charge is 2.27. The van der Waals surface area contributed by atoms with Gasteiger partial charge in [-0.25, -0.2) is 0 Å². The first-order valence-corrected chi connectivity index (χ1v) is 5.02. The molecule has 0 radical (unpaired) electrons. The standard InChI is InChI=1S/C11H25N/c1-7-8-11(5,12-6)9-10(2,3)4/h12H,7-9H2,1-6H3. The van der Waals surface area contributed by atoms with E-state index in [0.29, 0.717) is 11.0 Å². The predicted molar refractivity (Wildman–Crippen MR) is 56.4 cm³/mol. The Morgan fingerprint density at radius 2 is 1.58 bits per heavy atom. The van der Waals surface area contributed by atoms with Gasteiger partial charge >= 0.3 is 0 Å².